The highest BCUT2D eigenvalue weighted by atomic mass is 16.3. The number of rotatable bonds is 3. The Morgan fingerprint density at radius 1 is 0.833 bits per heavy atom. The van der Waals surface area contributed by atoms with Gasteiger partial charge < -0.3 is 15.3 Å². The second kappa shape index (κ2) is 5.00. The molecule has 0 aliphatic carbocycles. The molecule has 3 N–H and O–H groups in total. The molecule has 2 aromatic rings. The summed E-state index contributed by atoms with van der Waals surface area (Å²) in [5.74, 6) is 0.291. The van der Waals surface area contributed by atoms with Crippen LogP contribution in [-0.4, -0.2) is 15.3 Å². The molecule has 2 rings (SSSR count). The number of hydrogen-bond donors (Lipinski definition) is 3. The summed E-state index contributed by atoms with van der Waals surface area (Å²) in [5, 5.41) is 28.8. The van der Waals surface area contributed by atoms with Crippen LogP contribution in [0.15, 0.2) is 36.4 Å². The molecule has 18 heavy (non-hydrogen) atoms. The van der Waals surface area contributed by atoms with E-state index >= 15 is 0 Å². The van der Waals surface area contributed by atoms with Gasteiger partial charge in [0.2, 0.25) is 0 Å². The van der Waals surface area contributed by atoms with Crippen molar-refractivity contribution in [3.8, 4) is 17.2 Å². The van der Waals surface area contributed by atoms with Gasteiger partial charge in [0.15, 0.2) is 0 Å². The molecule has 0 radical (unpaired) electrons. The number of benzene rings is 2. The summed E-state index contributed by atoms with van der Waals surface area (Å²) in [6, 6.07) is 9.97. The van der Waals surface area contributed by atoms with E-state index in [2.05, 4.69) is 0 Å². The third-order valence-corrected chi connectivity index (χ3v) is 3.00. The second-order valence-corrected chi connectivity index (χ2v) is 4.31. The molecule has 3 heteroatoms. The van der Waals surface area contributed by atoms with Crippen molar-refractivity contribution in [1.29, 1.82) is 0 Å². The SMILES string of the molecule is CCc1ccc(O)c(Cc2ccc(O)cc2O)c1. The second-order valence-electron chi connectivity index (χ2n) is 4.31. The van der Waals surface area contributed by atoms with Crippen LogP contribution < -0.4 is 0 Å². The van der Waals surface area contributed by atoms with Gasteiger partial charge in [0, 0.05) is 12.5 Å². The average Bonchev–Trinajstić information content (AvgIpc) is 2.35. The molecule has 0 bridgehead atoms. The molecule has 0 fully saturated rings. The minimum absolute atomic E-state index is 0.0304. The fourth-order valence-corrected chi connectivity index (χ4v) is 1.91. The quantitative estimate of drug-likeness (QED) is 0.778. The lowest BCUT2D eigenvalue weighted by atomic mass is 10.00. The molecular weight excluding hydrogens is 228 g/mol. The van der Waals surface area contributed by atoms with Gasteiger partial charge in [-0.3, -0.25) is 0 Å². The fraction of sp³-hybridized carbons (Fsp3) is 0.200. The molecule has 0 saturated carbocycles. The first-order valence-electron chi connectivity index (χ1n) is 5.91. The largest absolute Gasteiger partial charge is 0.508 e. The van der Waals surface area contributed by atoms with Gasteiger partial charge in [-0.2, -0.15) is 0 Å². The molecule has 0 spiro atoms. The van der Waals surface area contributed by atoms with Crippen LogP contribution in [0, 0.1) is 0 Å². The van der Waals surface area contributed by atoms with Crippen LogP contribution in [0.25, 0.3) is 0 Å². The molecule has 0 heterocycles. The molecule has 0 amide bonds. The minimum Gasteiger partial charge on any atom is -0.508 e. The lowest BCUT2D eigenvalue weighted by Crippen LogP contribution is -1.92. The first-order valence-corrected chi connectivity index (χ1v) is 5.91. The maximum Gasteiger partial charge on any atom is 0.122 e. The van der Waals surface area contributed by atoms with E-state index in [0.717, 1.165) is 17.5 Å². The van der Waals surface area contributed by atoms with Crippen molar-refractivity contribution in [3.05, 3.63) is 53.1 Å². The summed E-state index contributed by atoms with van der Waals surface area (Å²) in [6.45, 7) is 2.05. The van der Waals surface area contributed by atoms with Crippen LogP contribution in [0.5, 0.6) is 17.2 Å². The van der Waals surface area contributed by atoms with E-state index in [0.29, 0.717) is 12.0 Å². The highest BCUT2D eigenvalue weighted by molar-refractivity contribution is 5.45. The Labute approximate surface area is 106 Å². The molecule has 2 aromatic carbocycles. The zero-order chi connectivity index (χ0) is 13.1. The summed E-state index contributed by atoms with van der Waals surface area (Å²) < 4.78 is 0. The van der Waals surface area contributed by atoms with Crippen molar-refractivity contribution in [2.24, 2.45) is 0 Å². The van der Waals surface area contributed by atoms with Crippen LogP contribution >= 0.6 is 0 Å². The molecule has 0 aliphatic heterocycles. The van der Waals surface area contributed by atoms with E-state index in [1.807, 2.05) is 19.1 Å². The highest BCUT2D eigenvalue weighted by Crippen LogP contribution is 2.28. The van der Waals surface area contributed by atoms with Crippen molar-refractivity contribution < 1.29 is 15.3 Å². The smallest absolute Gasteiger partial charge is 0.122 e. The number of aryl methyl sites for hydroxylation is 1. The summed E-state index contributed by atoms with van der Waals surface area (Å²) in [6.07, 6.45) is 1.33. The molecule has 0 aliphatic rings. The van der Waals surface area contributed by atoms with E-state index in [9.17, 15) is 15.3 Å². The Hall–Kier alpha value is -2.16. The lowest BCUT2D eigenvalue weighted by molar-refractivity contribution is 0.446. The van der Waals surface area contributed by atoms with E-state index in [4.69, 9.17) is 0 Å². The van der Waals surface area contributed by atoms with E-state index in [1.165, 1.54) is 12.1 Å². The molecule has 94 valence electrons. The third-order valence-electron chi connectivity index (χ3n) is 3.00. The van der Waals surface area contributed by atoms with E-state index in [-0.39, 0.29) is 17.2 Å². The van der Waals surface area contributed by atoms with Gasteiger partial charge >= 0.3 is 0 Å². The number of aromatic hydroxyl groups is 3. The molecule has 0 atom stereocenters. The van der Waals surface area contributed by atoms with Gasteiger partial charge in [0.05, 0.1) is 0 Å². The molecule has 0 aromatic heterocycles. The Morgan fingerprint density at radius 3 is 2.28 bits per heavy atom. The van der Waals surface area contributed by atoms with Crippen molar-refractivity contribution in [1.82, 2.24) is 0 Å². The standard InChI is InChI=1S/C15H16O3/c1-2-10-3-6-14(17)12(7-10)8-11-4-5-13(16)9-15(11)18/h3-7,9,16-18H,2,8H2,1H3. The summed E-state index contributed by atoms with van der Waals surface area (Å²) in [5.41, 5.74) is 2.59. The molecular formula is C15H16O3. The fourth-order valence-electron chi connectivity index (χ4n) is 1.91. The Kier molecular flexibility index (Phi) is 3.42. The van der Waals surface area contributed by atoms with Crippen molar-refractivity contribution in [2.45, 2.75) is 19.8 Å². The van der Waals surface area contributed by atoms with Crippen LogP contribution in [0.4, 0.5) is 0 Å². The number of hydrogen-bond acceptors (Lipinski definition) is 3. The van der Waals surface area contributed by atoms with Crippen molar-refractivity contribution in [2.75, 3.05) is 0 Å². The third kappa shape index (κ3) is 2.56. The zero-order valence-electron chi connectivity index (χ0n) is 10.2. The van der Waals surface area contributed by atoms with Gasteiger partial charge in [-0.25, -0.2) is 0 Å². The first-order chi connectivity index (χ1) is 8.60. The van der Waals surface area contributed by atoms with E-state index < -0.39 is 0 Å². The topological polar surface area (TPSA) is 60.7 Å². The maximum atomic E-state index is 9.81. The first kappa shape index (κ1) is 12.3. The molecule has 0 unspecified atom stereocenters. The predicted octanol–water partition coefficient (Wildman–Crippen LogP) is 2.96. The maximum absolute atomic E-state index is 9.81. The van der Waals surface area contributed by atoms with Gasteiger partial charge in [-0.1, -0.05) is 25.1 Å². The predicted molar refractivity (Wildman–Crippen MR) is 70.1 cm³/mol. The van der Waals surface area contributed by atoms with Crippen LogP contribution in [-0.2, 0) is 12.8 Å². The zero-order valence-corrected chi connectivity index (χ0v) is 10.2. The summed E-state index contributed by atoms with van der Waals surface area (Å²) in [7, 11) is 0. The summed E-state index contributed by atoms with van der Waals surface area (Å²) in [4.78, 5) is 0. The van der Waals surface area contributed by atoms with Crippen LogP contribution in [0.2, 0.25) is 0 Å². The number of phenolic OH excluding ortho intramolecular Hbond substituents is 3. The molecule has 0 saturated heterocycles. The summed E-state index contributed by atoms with van der Waals surface area (Å²) >= 11 is 0. The monoisotopic (exact) mass is 244 g/mol. The van der Waals surface area contributed by atoms with Gasteiger partial charge in [0.25, 0.3) is 0 Å². The van der Waals surface area contributed by atoms with Gasteiger partial charge in [0.1, 0.15) is 17.2 Å². The Bertz CT molecular complexity index is 562. The van der Waals surface area contributed by atoms with Crippen molar-refractivity contribution in [3.63, 3.8) is 0 Å². The normalized spacial score (nSPS) is 10.5. The van der Waals surface area contributed by atoms with Crippen LogP contribution in [0.1, 0.15) is 23.6 Å². The van der Waals surface area contributed by atoms with E-state index in [1.54, 1.807) is 12.1 Å². The molecule has 3 nitrogen and oxygen atoms in total. The Balaban J connectivity index is 2.33. The van der Waals surface area contributed by atoms with Crippen LogP contribution in [0.3, 0.4) is 0 Å². The minimum atomic E-state index is 0.0304. The highest BCUT2D eigenvalue weighted by Gasteiger charge is 2.07. The number of phenols is 3. The van der Waals surface area contributed by atoms with Gasteiger partial charge in [-0.15, -0.1) is 0 Å². The Morgan fingerprint density at radius 2 is 1.61 bits per heavy atom. The lowest BCUT2D eigenvalue weighted by Gasteiger charge is -2.09. The average molecular weight is 244 g/mol. The van der Waals surface area contributed by atoms with Gasteiger partial charge in [-0.05, 0) is 35.2 Å². The van der Waals surface area contributed by atoms with Crippen molar-refractivity contribution >= 4 is 0 Å².